The minimum atomic E-state index is -0.814. The van der Waals surface area contributed by atoms with Gasteiger partial charge in [-0.3, -0.25) is 10.1 Å². The number of carbonyl (C=O) groups excluding carboxylic acids is 2. The molecule has 0 heterocycles. The van der Waals surface area contributed by atoms with Gasteiger partial charge in [0.05, 0.1) is 0 Å². The first kappa shape index (κ1) is 15.9. The Morgan fingerprint density at radius 2 is 1.64 bits per heavy atom. The molecule has 84 valence electrons. The summed E-state index contributed by atoms with van der Waals surface area (Å²) >= 11 is 3.26. The van der Waals surface area contributed by atoms with E-state index in [1.165, 1.54) is 0 Å². The predicted molar refractivity (Wildman–Crippen MR) is 61.3 cm³/mol. The third kappa shape index (κ3) is 5.21. The van der Waals surface area contributed by atoms with Crippen molar-refractivity contribution in [1.29, 1.82) is 0 Å². The highest BCUT2D eigenvalue weighted by molar-refractivity contribution is 9.10. The second-order valence-corrected chi connectivity index (χ2v) is 4.01. The van der Waals surface area contributed by atoms with Crippen molar-refractivity contribution in [3.05, 3.63) is 0 Å². The second kappa shape index (κ2) is 7.79. The van der Waals surface area contributed by atoms with Gasteiger partial charge >= 0.3 is 6.03 Å². The van der Waals surface area contributed by atoms with Gasteiger partial charge in [-0.25, -0.2) is 4.79 Å². The zero-order valence-electron chi connectivity index (χ0n) is 9.19. The summed E-state index contributed by atoms with van der Waals surface area (Å²) in [5, 5.41) is 2.04. The van der Waals surface area contributed by atoms with Crippen LogP contribution in [0, 0.1) is 0 Å². The summed E-state index contributed by atoms with van der Waals surface area (Å²) in [6.07, 6.45) is 1.23. The van der Waals surface area contributed by atoms with Crippen molar-refractivity contribution in [2.75, 3.05) is 0 Å². The van der Waals surface area contributed by atoms with E-state index in [4.69, 9.17) is 5.73 Å². The molecule has 0 unspecified atom stereocenters. The monoisotopic (exact) mass is 266 g/mol. The Kier molecular flexibility index (Phi) is 8.83. The molecule has 3 amide bonds. The Bertz CT molecular complexity index is 191. The van der Waals surface area contributed by atoms with Crippen LogP contribution in [-0.4, -0.2) is 16.3 Å². The molecule has 0 saturated carbocycles. The third-order valence-electron chi connectivity index (χ3n) is 1.76. The van der Waals surface area contributed by atoms with E-state index in [0.29, 0.717) is 12.8 Å². The molecule has 0 bridgehead atoms. The zero-order chi connectivity index (χ0) is 11.8. The van der Waals surface area contributed by atoms with E-state index in [2.05, 4.69) is 15.9 Å². The van der Waals surface area contributed by atoms with Gasteiger partial charge in [0.2, 0.25) is 5.91 Å². The van der Waals surface area contributed by atoms with E-state index < -0.39 is 10.4 Å². The molecule has 0 atom stereocenters. The highest BCUT2D eigenvalue weighted by atomic mass is 79.9. The van der Waals surface area contributed by atoms with Gasteiger partial charge in [-0.1, -0.05) is 43.6 Å². The Morgan fingerprint density at radius 3 is 1.86 bits per heavy atom. The number of halogens is 1. The maximum Gasteiger partial charge on any atom is 0.318 e. The molecule has 3 N–H and O–H groups in total. The number of amides is 3. The SMILES string of the molecule is CC.CCC(Br)(CC)C(=O)NC(N)=O. The van der Waals surface area contributed by atoms with Crippen LogP contribution in [0.15, 0.2) is 0 Å². The van der Waals surface area contributed by atoms with Gasteiger partial charge in [-0.15, -0.1) is 0 Å². The average molecular weight is 267 g/mol. The largest absolute Gasteiger partial charge is 0.351 e. The highest BCUT2D eigenvalue weighted by Gasteiger charge is 2.32. The first-order valence-electron chi connectivity index (χ1n) is 4.76. The third-order valence-corrected chi connectivity index (χ3v) is 3.25. The molecule has 0 aliphatic heterocycles. The molecule has 0 rings (SSSR count). The molecular weight excluding hydrogens is 248 g/mol. The van der Waals surface area contributed by atoms with Crippen LogP contribution in [0.1, 0.15) is 40.5 Å². The lowest BCUT2D eigenvalue weighted by atomic mass is 10.0. The first-order valence-corrected chi connectivity index (χ1v) is 5.55. The number of urea groups is 1. The summed E-state index contributed by atoms with van der Waals surface area (Å²) in [6.45, 7) is 7.72. The van der Waals surface area contributed by atoms with Crippen molar-refractivity contribution in [3.8, 4) is 0 Å². The number of nitrogens with two attached hydrogens (primary N) is 1. The van der Waals surface area contributed by atoms with Crippen LogP contribution in [0.2, 0.25) is 0 Å². The fourth-order valence-corrected chi connectivity index (χ4v) is 0.894. The highest BCUT2D eigenvalue weighted by Crippen LogP contribution is 2.26. The molecule has 14 heavy (non-hydrogen) atoms. The van der Waals surface area contributed by atoms with E-state index in [9.17, 15) is 9.59 Å². The number of primary amides is 1. The van der Waals surface area contributed by atoms with Crippen molar-refractivity contribution in [1.82, 2.24) is 5.32 Å². The van der Waals surface area contributed by atoms with Gasteiger partial charge in [0, 0.05) is 0 Å². The van der Waals surface area contributed by atoms with Gasteiger partial charge in [0.25, 0.3) is 0 Å². The van der Waals surface area contributed by atoms with Crippen LogP contribution < -0.4 is 11.1 Å². The van der Waals surface area contributed by atoms with Crippen molar-refractivity contribution >= 4 is 27.9 Å². The molecule has 5 heteroatoms. The van der Waals surface area contributed by atoms with E-state index in [-0.39, 0.29) is 5.91 Å². The standard InChI is InChI=1S/C7H13BrN2O2.C2H6/c1-3-7(8,4-2)5(11)10-6(9)12;1-2/h3-4H2,1-2H3,(H3,9,10,11,12);1-2H3. The summed E-state index contributed by atoms with van der Waals surface area (Å²) in [5.41, 5.74) is 4.81. The Balaban J connectivity index is 0. The molecule has 0 aromatic heterocycles. The minimum Gasteiger partial charge on any atom is -0.351 e. The molecule has 0 aliphatic rings. The predicted octanol–water partition coefficient (Wildman–Crippen LogP) is 2.16. The van der Waals surface area contributed by atoms with Crippen LogP contribution in [0.25, 0.3) is 0 Å². The Hall–Kier alpha value is -0.580. The lowest BCUT2D eigenvalue weighted by Gasteiger charge is -2.21. The summed E-state index contributed by atoms with van der Waals surface area (Å²) in [4.78, 5) is 21.6. The van der Waals surface area contributed by atoms with E-state index in [1.807, 2.05) is 33.0 Å². The van der Waals surface area contributed by atoms with E-state index in [1.54, 1.807) is 0 Å². The molecule has 0 fully saturated rings. The zero-order valence-corrected chi connectivity index (χ0v) is 10.8. The quantitative estimate of drug-likeness (QED) is 0.769. The fourth-order valence-electron chi connectivity index (χ4n) is 0.795. The molecule has 4 nitrogen and oxygen atoms in total. The van der Waals surface area contributed by atoms with Crippen LogP contribution in [0.3, 0.4) is 0 Å². The Labute approximate surface area is 93.7 Å². The average Bonchev–Trinajstić information content (AvgIpc) is 2.18. The summed E-state index contributed by atoms with van der Waals surface area (Å²) in [5.74, 6) is -0.375. The molecule has 0 aliphatic carbocycles. The number of alkyl halides is 1. The molecule has 0 aromatic rings. The molecule has 0 spiro atoms. The van der Waals surface area contributed by atoms with Crippen LogP contribution in [-0.2, 0) is 4.79 Å². The normalized spacial score (nSPS) is 9.79. The molecule has 0 radical (unpaired) electrons. The van der Waals surface area contributed by atoms with E-state index >= 15 is 0 Å². The van der Waals surface area contributed by atoms with Crippen LogP contribution >= 0.6 is 15.9 Å². The maximum atomic E-state index is 11.3. The van der Waals surface area contributed by atoms with Gasteiger partial charge < -0.3 is 5.73 Å². The minimum absolute atomic E-state index is 0.375. The molecular formula is C9H19BrN2O2. The smallest absolute Gasteiger partial charge is 0.318 e. The van der Waals surface area contributed by atoms with Crippen molar-refractivity contribution in [3.63, 3.8) is 0 Å². The summed E-state index contributed by atoms with van der Waals surface area (Å²) in [7, 11) is 0. The number of rotatable bonds is 3. The topological polar surface area (TPSA) is 72.2 Å². The van der Waals surface area contributed by atoms with Gasteiger partial charge in [-0.2, -0.15) is 0 Å². The Morgan fingerprint density at radius 1 is 1.29 bits per heavy atom. The van der Waals surface area contributed by atoms with Gasteiger partial charge in [-0.05, 0) is 12.8 Å². The fraction of sp³-hybridized carbons (Fsp3) is 0.778. The molecule has 0 aromatic carbocycles. The van der Waals surface area contributed by atoms with Crippen molar-refractivity contribution < 1.29 is 9.59 Å². The second-order valence-electron chi connectivity index (χ2n) is 2.49. The number of carbonyl (C=O) groups is 2. The maximum absolute atomic E-state index is 11.3. The first-order chi connectivity index (χ1) is 6.46. The van der Waals surface area contributed by atoms with Crippen LogP contribution in [0.4, 0.5) is 4.79 Å². The summed E-state index contributed by atoms with van der Waals surface area (Å²) < 4.78 is -0.665. The van der Waals surface area contributed by atoms with Crippen LogP contribution in [0.5, 0.6) is 0 Å². The van der Waals surface area contributed by atoms with E-state index in [0.717, 1.165) is 0 Å². The number of hydrogen-bond donors (Lipinski definition) is 2. The summed E-state index contributed by atoms with van der Waals surface area (Å²) in [6, 6.07) is -0.814. The lowest BCUT2D eigenvalue weighted by Crippen LogP contribution is -2.46. The van der Waals surface area contributed by atoms with Crippen molar-refractivity contribution in [2.24, 2.45) is 5.73 Å². The lowest BCUT2D eigenvalue weighted by molar-refractivity contribution is -0.122. The van der Waals surface area contributed by atoms with Crippen molar-refractivity contribution in [2.45, 2.75) is 44.9 Å². The number of nitrogens with one attached hydrogen (secondary N) is 1. The molecule has 0 saturated heterocycles. The van der Waals surface area contributed by atoms with Gasteiger partial charge in [0.15, 0.2) is 0 Å². The number of imide groups is 1. The van der Waals surface area contributed by atoms with Gasteiger partial charge in [0.1, 0.15) is 4.32 Å². The number of hydrogen-bond acceptors (Lipinski definition) is 2.